The zero-order chi connectivity index (χ0) is 15.1. The van der Waals surface area contributed by atoms with E-state index in [0.717, 1.165) is 5.52 Å². The predicted octanol–water partition coefficient (Wildman–Crippen LogP) is 1.54. The van der Waals surface area contributed by atoms with Gasteiger partial charge in [-0.1, -0.05) is 18.2 Å². The molecular weight excluding hydrogens is 268 g/mol. The second-order valence-electron chi connectivity index (χ2n) is 5.07. The highest BCUT2D eigenvalue weighted by Gasteiger charge is 2.06. The summed E-state index contributed by atoms with van der Waals surface area (Å²) in [6, 6.07) is 10.2. The number of carbonyl (C=O) groups is 1. The van der Waals surface area contributed by atoms with Gasteiger partial charge in [0.1, 0.15) is 0 Å². The molecule has 0 aliphatic heterocycles. The van der Waals surface area contributed by atoms with E-state index in [2.05, 4.69) is 16.0 Å². The molecule has 0 bridgehead atoms. The first-order chi connectivity index (χ1) is 10.2. The fourth-order valence-electron chi connectivity index (χ4n) is 2.30. The number of fused-ring (bicyclic) bond motifs is 1. The summed E-state index contributed by atoms with van der Waals surface area (Å²) in [5.74, 6) is -0.00241. The van der Waals surface area contributed by atoms with Crippen LogP contribution in [0.5, 0.6) is 0 Å². The monoisotopic (exact) mass is 290 g/mol. The molecule has 0 fully saturated rings. The Bertz CT molecular complexity index is 580. The molecule has 2 N–H and O–H groups in total. The van der Waals surface area contributed by atoms with E-state index < -0.39 is 6.10 Å². The summed E-state index contributed by atoms with van der Waals surface area (Å²) in [6.07, 6.45) is 2.41. The number of hydrogen-bond acceptors (Lipinski definition) is 3. The molecule has 1 unspecified atom stereocenters. The largest absolute Gasteiger partial charge is 0.391 e. The van der Waals surface area contributed by atoms with Crippen molar-refractivity contribution in [1.82, 2.24) is 9.88 Å². The highest BCUT2D eigenvalue weighted by atomic mass is 16.5. The highest BCUT2D eigenvalue weighted by molar-refractivity contribution is 5.80. The molecule has 5 heteroatoms. The fourth-order valence-corrected chi connectivity index (χ4v) is 2.30. The van der Waals surface area contributed by atoms with Crippen molar-refractivity contribution in [3.63, 3.8) is 0 Å². The van der Waals surface area contributed by atoms with Crippen molar-refractivity contribution >= 4 is 16.8 Å². The summed E-state index contributed by atoms with van der Waals surface area (Å²) in [5.41, 5.74) is 1.14. The van der Waals surface area contributed by atoms with Gasteiger partial charge < -0.3 is 19.7 Å². The number of aromatic nitrogens is 1. The Hall–Kier alpha value is -1.85. The summed E-state index contributed by atoms with van der Waals surface area (Å²) in [5, 5.41) is 13.5. The van der Waals surface area contributed by atoms with E-state index in [0.29, 0.717) is 32.5 Å². The van der Waals surface area contributed by atoms with Crippen LogP contribution in [0, 0.1) is 0 Å². The van der Waals surface area contributed by atoms with E-state index >= 15 is 0 Å². The molecule has 1 heterocycles. The maximum Gasteiger partial charge on any atom is 0.221 e. The number of nitrogens with zero attached hydrogens (tertiary/aromatic N) is 1. The van der Waals surface area contributed by atoms with Crippen LogP contribution < -0.4 is 5.32 Å². The highest BCUT2D eigenvalue weighted by Crippen LogP contribution is 2.15. The van der Waals surface area contributed by atoms with E-state index in [4.69, 9.17) is 4.74 Å². The molecule has 2 rings (SSSR count). The average molecular weight is 290 g/mol. The second kappa shape index (κ2) is 7.81. The number of ether oxygens (including phenoxy) is 1. The molecule has 1 atom stereocenters. The van der Waals surface area contributed by atoms with Crippen molar-refractivity contribution in [3.05, 3.63) is 36.5 Å². The first-order valence-corrected chi connectivity index (χ1v) is 7.18. The van der Waals surface area contributed by atoms with Gasteiger partial charge in [-0.25, -0.2) is 0 Å². The number of aryl methyl sites for hydroxylation is 1. The van der Waals surface area contributed by atoms with E-state index in [1.165, 1.54) is 5.39 Å². The Kier molecular flexibility index (Phi) is 5.78. The predicted molar refractivity (Wildman–Crippen MR) is 82.1 cm³/mol. The third-order valence-corrected chi connectivity index (χ3v) is 3.42. The summed E-state index contributed by atoms with van der Waals surface area (Å²) < 4.78 is 6.91. The lowest BCUT2D eigenvalue weighted by molar-refractivity contribution is -0.121. The Balaban J connectivity index is 1.74. The number of methoxy groups -OCH3 is 1. The lowest BCUT2D eigenvalue weighted by atomic mass is 10.2. The number of rotatable bonds is 8. The molecule has 5 nitrogen and oxygen atoms in total. The number of hydrogen-bond donors (Lipinski definition) is 2. The van der Waals surface area contributed by atoms with Crippen molar-refractivity contribution in [2.75, 3.05) is 20.3 Å². The summed E-state index contributed by atoms with van der Waals surface area (Å²) in [7, 11) is 1.54. The van der Waals surface area contributed by atoms with Crippen molar-refractivity contribution in [1.29, 1.82) is 0 Å². The van der Waals surface area contributed by atoms with Gasteiger partial charge in [0.05, 0.1) is 12.7 Å². The quantitative estimate of drug-likeness (QED) is 0.775. The zero-order valence-corrected chi connectivity index (χ0v) is 12.3. The maximum atomic E-state index is 11.8. The summed E-state index contributed by atoms with van der Waals surface area (Å²) in [6.45, 7) is 1.42. The number of amides is 1. The van der Waals surface area contributed by atoms with Crippen LogP contribution in [0.3, 0.4) is 0 Å². The minimum atomic E-state index is -0.524. The van der Waals surface area contributed by atoms with Gasteiger partial charge in [0.2, 0.25) is 5.91 Å². The van der Waals surface area contributed by atoms with Gasteiger partial charge in [0, 0.05) is 38.3 Å². The van der Waals surface area contributed by atoms with Crippen LogP contribution in [-0.2, 0) is 16.1 Å². The molecule has 0 aliphatic carbocycles. The van der Waals surface area contributed by atoms with Gasteiger partial charge in [-0.15, -0.1) is 0 Å². The number of para-hydroxylation sites is 1. The molecule has 114 valence electrons. The Morgan fingerprint density at radius 3 is 3.00 bits per heavy atom. The first kappa shape index (κ1) is 15.5. The van der Waals surface area contributed by atoms with Crippen LogP contribution >= 0.6 is 0 Å². The minimum absolute atomic E-state index is 0.00241. The molecule has 0 spiro atoms. The van der Waals surface area contributed by atoms with Crippen LogP contribution in [0.2, 0.25) is 0 Å². The minimum Gasteiger partial charge on any atom is -0.391 e. The molecule has 0 radical (unpaired) electrons. The van der Waals surface area contributed by atoms with Gasteiger partial charge in [-0.2, -0.15) is 0 Å². The Morgan fingerprint density at radius 2 is 2.19 bits per heavy atom. The number of aliphatic hydroxyl groups is 1. The van der Waals surface area contributed by atoms with Crippen LogP contribution in [0.15, 0.2) is 36.5 Å². The SMILES string of the molecule is COCC(O)CCNC(=O)CCn1ccc2ccccc21. The second-order valence-corrected chi connectivity index (χ2v) is 5.07. The third-order valence-electron chi connectivity index (χ3n) is 3.42. The zero-order valence-electron chi connectivity index (χ0n) is 12.3. The molecule has 1 amide bonds. The summed E-state index contributed by atoms with van der Waals surface area (Å²) >= 11 is 0. The molecule has 0 saturated carbocycles. The molecule has 1 aromatic carbocycles. The molecule has 21 heavy (non-hydrogen) atoms. The van der Waals surface area contributed by atoms with E-state index in [1.54, 1.807) is 7.11 Å². The van der Waals surface area contributed by atoms with Crippen molar-refractivity contribution in [2.24, 2.45) is 0 Å². The van der Waals surface area contributed by atoms with Crippen LogP contribution in [0.1, 0.15) is 12.8 Å². The van der Waals surface area contributed by atoms with Gasteiger partial charge in [0.25, 0.3) is 0 Å². The van der Waals surface area contributed by atoms with Crippen LogP contribution in [0.4, 0.5) is 0 Å². The van der Waals surface area contributed by atoms with Gasteiger partial charge in [-0.05, 0) is 23.9 Å². The summed E-state index contributed by atoms with van der Waals surface area (Å²) in [4.78, 5) is 11.8. The number of aliphatic hydroxyl groups excluding tert-OH is 1. The maximum absolute atomic E-state index is 11.8. The van der Waals surface area contributed by atoms with Crippen LogP contribution in [-0.4, -0.2) is 41.9 Å². The Labute approximate surface area is 124 Å². The number of carbonyl (C=O) groups excluding carboxylic acids is 1. The topological polar surface area (TPSA) is 63.5 Å². The Morgan fingerprint density at radius 1 is 1.38 bits per heavy atom. The normalized spacial score (nSPS) is 12.5. The third kappa shape index (κ3) is 4.58. The fraction of sp³-hybridized carbons (Fsp3) is 0.438. The average Bonchev–Trinajstić information content (AvgIpc) is 2.89. The van der Waals surface area contributed by atoms with Crippen molar-refractivity contribution in [3.8, 4) is 0 Å². The standard InChI is InChI=1S/C16H22N2O3/c1-21-12-14(19)6-9-17-16(20)8-11-18-10-7-13-4-2-3-5-15(13)18/h2-5,7,10,14,19H,6,8-9,11-12H2,1H3,(H,17,20). The molecule has 0 aliphatic rings. The van der Waals surface area contributed by atoms with Gasteiger partial charge in [-0.3, -0.25) is 4.79 Å². The smallest absolute Gasteiger partial charge is 0.221 e. The first-order valence-electron chi connectivity index (χ1n) is 7.18. The van der Waals surface area contributed by atoms with Crippen molar-refractivity contribution in [2.45, 2.75) is 25.5 Å². The molecule has 0 saturated heterocycles. The molecule has 1 aromatic heterocycles. The van der Waals surface area contributed by atoms with E-state index in [-0.39, 0.29) is 5.91 Å². The lowest BCUT2D eigenvalue weighted by Gasteiger charge is -2.10. The molecular formula is C16H22N2O3. The van der Waals surface area contributed by atoms with E-state index in [1.807, 2.05) is 30.5 Å². The molecule has 2 aromatic rings. The van der Waals surface area contributed by atoms with E-state index in [9.17, 15) is 9.90 Å². The van der Waals surface area contributed by atoms with Gasteiger partial charge in [0.15, 0.2) is 0 Å². The van der Waals surface area contributed by atoms with Crippen molar-refractivity contribution < 1.29 is 14.6 Å². The number of benzene rings is 1. The number of nitrogens with one attached hydrogen (secondary N) is 1. The van der Waals surface area contributed by atoms with Gasteiger partial charge >= 0.3 is 0 Å². The lowest BCUT2D eigenvalue weighted by Crippen LogP contribution is -2.29. The van der Waals surface area contributed by atoms with Crippen LogP contribution in [0.25, 0.3) is 10.9 Å².